The van der Waals surface area contributed by atoms with Crippen molar-refractivity contribution in [2.45, 2.75) is 17.4 Å². The molecule has 9 nitrogen and oxygen atoms in total. The highest BCUT2D eigenvalue weighted by molar-refractivity contribution is 7.89. The Balaban J connectivity index is 0.00000480. The van der Waals surface area contributed by atoms with Gasteiger partial charge < -0.3 is 25.6 Å². The molecule has 0 aliphatic heterocycles. The quantitative estimate of drug-likeness (QED) is 0.273. The van der Waals surface area contributed by atoms with Crippen molar-refractivity contribution in [3.05, 3.63) is 59.7 Å². The summed E-state index contributed by atoms with van der Waals surface area (Å²) in [7, 11) is -3.71. The molecular weight excluding hydrogens is 446 g/mol. The molecule has 172 valence electrons. The number of aliphatic hydroxyl groups excluding tert-OH is 2. The second-order valence-electron chi connectivity index (χ2n) is 6.61. The Morgan fingerprint density at radius 1 is 1.06 bits per heavy atom. The molecule has 0 bridgehead atoms. The van der Waals surface area contributed by atoms with Gasteiger partial charge in [0.1, 0.15) is 18.5 Å². The minimum atomic E-state index is -3.71. The zero-order valence-corrected chi connectivity index (χ0v) is 18.5. The van der Waals surface area contributed by atoms with Crippen LogP contribution in [0.2, 0.25) is 0 Å². The van der Waals surface area contributed by atoms with E-state index in [1.54, 1.807) is 36.4 Å². The number of nitrogens with two attached hydrogens (primary N) is 1. The van der Waals surface area contributed by atoms with Gasteiger partial charge in [0.25, 0.3) is 5.91 Å². The Morgan fingerprint density at radius 3 is 2.29 bits per heavy atom. The van der Waals surface area contributed by atoms with Gasteiger partial charge in [-0.3, -0.25) is 4.79 Å². The maximum absolute atomic E-state index is 12.2. The normalized spacial score (nSPS) is 12.0. The summed E-state index contributed by atoms with van der Waals surface area (Å²) in [4.78, 5) is 12.3. The summed E-state index contributed by atoms with van der Waals surface area (Å²) in [5.74, 6) is 0.290. The van der Waals surface area contributed by atoms with Crippen LogP contribution in [-0.2, 0) is 16.4 Å². The van der Waals surface area contributed by atoms with Crippen LogP contribution in [0.3, 0.4) is 0 Å². The number of primary sulfonamides is 1. The molecule has 0 aliphatic rings. The van der Waals surface area contributed by atoms with E-state index in [1.807, 2.05) is 0 Å². The number of hydrogen-bond acceptors (Lipinski definition) is 7. The SMILES string of the molecule is Cl.NS(=O)(=O)c1ccc(CCNC(=O)c2ccc(OCC(O)CNCCO)cc2)cc1. The first-order valence-corrected chi connectivity index (χ1v) is 11.0. The van der Waals surface area contributed by atoms with Crippen LogP contribution in [0.25, 0.3) is 0 Å². The van der Waals surface area contributed by atoms with Crippen LogP contribution in [0.15, 0.2) is 53.4 Å². The third-order valence-electron chi connectivity index (χ3n) is 4.18. The first kappa shape index (κ1) is 26.8. The number of rotatable bonds is 12. The molecule has 31 heavy (non-hydrogen) atoms. The van der Waals surface area contributed by atoms with Gasteiger partial charge >= 0.3 is 0 Å². The average molecular weight is 474 g/mol. The Hall–Kier alpha value is -2.21. The molecule has 2 rings (SSSR count). The summed E-state index contributed by atoms with van der Waals surface area (Å²) in [6.45, 7) is 1.20. The first-order chi connectivity index (χ1) is 14.3. The molecule has 1 amide bonds. The largest absolute Gasteiger partial charge is 0.491 e. The molecule has 11 heteroatoms. The molecule has 0 aliphatic carbocycles. The molecule has 1 unspecified atom stereocenters. The molecule has 6 N–H and O–H groups in total. The number of sulfonamides is 1. The Labute approximate surface area is 188 Å². The van der Waals surface area contributed by atoms with Gasteiger partial charge in [0.05, 0.1) is 11.5 Å². The highest BCUT2D eigenvalue weighted by atomic mass is 35.5. The van der Waals surface area contributed by atoms with Gasteiger partial charge in [-0.05, 0) is 48.4 Å². The number of hydrogen-bond donors (Lipinski definition) is 5. The van der Waals surface area contributed by atoms with E-state index >= 15 is 0 Å². The van der Waals surface area contributed by atoms with E-state index in [0.29, 0.717) is 37.4 Å². The molecule has 0 heterocycles. The molecular formula is C20H28ClN3O6S. The monoisotopic (exact) mass is 473 g/mol. The lowest BCUT2D eigenvalue weighted by molar-refractivity contribution is 0.0953. The zero-order valence-electron chi connectivity index (χ0n) is 16.9. The molecule has 0 saturated heterocycles. The Morgan fingerprint density at radius 2 is 1.71 bits per heavy atom. The highest BCUT2D eigenvalue weighted by Crippen LogP contribution is 2.13. The minimum Gasteiger partial charge on any atom is -0.491 e. The van der Waals surface area contributed by atoms with Crippen molar-refractivity contribution in [2.75, 3.05) is 32.8 Å². The van der Waals surface area contributed by atoms with Crippen LogP contribution in [0.1, 0.15) is 15.9 Å². The van der Waals surface area contributed by atoms with Gasteiger partial charge in [-0.1, -0.05) is 12.1 Å². The number of amides is 1. The van der Waals surface area contributed by atoms with Crippen molar-refractivity contribution in [1.29, 1.82) is 0 Å². The second-order valence-corrected chi connectivity index (χ2v) is 8.17. The van der Waals surface area contributed by atoms with Crippen LogP contribution in [0, 0.1) is 0 Å². The molecule has 0 radical (unpaired) electrons. The number of halogens is 1. The molecule has 0 spiro atoms. The number of nitrogens with one attached hydrogen (secondary N) is 2. The van der Waals surface area contributed by atoms with Gasteiger partial charge in [-0.25, -0.2) is 13.6 Å². The summed E-state index contributed by atoms with van der Waals surface area (Å²) in [5.41, 5.74) is 1.34. The summed E-state index contributed by atoms with van der Waals surface area (Å²) in [5, 5.41) is 29.2. The van der Waals surface area contributed by atoms with Gasteiger partial charge in [-0.15, -0.1) is 12.4 Å². The number of aliphatic hydroxyl groups is 2. The lowest BCUT2D eigenvalue weighted by Gasteiger charge is -2.13. The number of benzene rings is 2. The summed E-state index contributed by atoms with van der Waals surface area (Å²) < 4.78 is 28.0. The smallest absolute Gasteiger partial charge is 0.251 e. The predicted octanol–water partition coefficient (Wildman–Crippen LogP) is 0.0499. The van der Waals surface area contributed by atoms with E-state index in [9.17, 15) is 18.3 Å². The molecule has 0 fully saturated rings. The van der Waals surface area contributed by atoms with Crippen LogP contribution >= 0.6 is 12.4 Å². The third kappa shape index (κ3) is 9.64. The van der Waals surface area contributed by atoms with E-state index < -0.39 is 16.1 Å². The maximum atomic E-state index is 12.2. The fourth-order valence-corrected chi connectivity index (χ4v) is 3.09. The fraction of sp³-hybridized carbons (Fsp3) is 0.350. The minimum absolute atomic E-state index is 0. The van der Waals surface area contributed by atoms with Crippen LogP contribution in [-0.4, -0.2) is 63.5 Å². The van der Waals surface area contributed by atoms with Crippen molar-refractivity contribution in [3.8, 4) is 5.75 Å². The summed E-state index contributed by atoms with van der Waals surface area (Å²) in [6.07, 6.45) is -0.168. The fourth-order valence-electron chi connectivity index (χ4n) is 2.57. The maximum Gasteiger partial charge on any atom is 0.251 e. The Bertz CT molecular complexity index is 908. The average Bonchev–Trinajstić information content (AvgIpc) is 2.72. The van der Waals surface area contributed by atoms with Gasteiger partial charge in [0.2, 0.25) is 10.0 Å². The highest BCUT2D eigenvalue weighted by Gasteiger charge is 2.09. The standard InChI is InChI=1S/C20H27N3O6S.ClH/c21-30(27,28)19-7-1-15(2-8-19)9-10-23-20(26)16-3-5-18(6-4-16)29-14-17(25)13-22-11-12-24;/h1-8,17,22,24-25H,9-14H2,(H,23,26)(H2,21,27,28);1H. The summed E-state index contributed by atoms with van der Waals surface area (Å²) in [6, 6.07) is 12.7. The lowest BCUT2D eigenvalue weighted by atomic mass is 10.1. The van der Waals surface area contributed by atoms with E-state index in [2.05, 4.69) is 10.6 Å². The van der Waals surface area contributed by atoms with Crippen molar-refractivity contribution in [1.82, 2.24) is 10.6 Å². The van der Waals surface area contributed by atoms with Crippen molar-refractivity contribution in [3.63, 3.8) is 0 Å². The van der Waals surface area contributed by atoms with Gasteiger partial charge in [0.15, 0.2) is 0 Å². The number of carbonyl (C=O) groups is 1. The summed E-state index contributed by atoms with van der Waals surface area (Å²) >= 11 is 0. The predicted molar refractivity (Wildman–Crippen MR) is 119 cm³/mol. The molecule has 0 saturated carbocycles. The first-order valence-electron chi connectivity index (χ1n) is 9.42. The van der Waals surface area contributed by atoms with E-state index in [1.165, 1.54) is 12.1 Å². The molecule has 2 aromatic rings. The van der Waals surface area contributed by atoms with Crippen molar-refractivity contribution >= 4 is 28.3 Å². The molecule has 0 aromatic heterocycles. The Kier molecular flexibility index (Phi) is 11.5. The van der Waals surface area contributed by atoms with Gasteiger partial charge in [-0.2, -0.15) is 0 Å². The second kappa shape index (κ2) is 13.3. The van der Waals surface area contributed by atoms with E-state index in [-0.39, 0.29) is 36.4 Å². The zero-order chi connectivity index (χ0) is 22.0. The molecule has 1 atom stereocenters. The van der Waals surface area contributed by atoms with Crippen LogP contribution in [0.4, 0.5) is 0 Å². The number of ether oxygens (including phenoxy) is 1. The van der Waals surface area contributed by atoms with Crippen LogP contribution in [0.5, 0.6) is 5.75 Å². The number of carbonyl (C=O) groups excluding carboxylic acids is 1. The van der Waals surface area contributed by atoms with E-state index in [0.717, 1.165) is 5.56 Å². The third-order valence-corrected chi connectivity index (χ3v) is 5.11. The van der Waals surface area contributed by atoms with Crippen molar-refractivity contribution < 1.29 is 28.2 Å². The topological polar surface area (TPSA) is 151 Å². The van der Waals surface area contributed by atoms with Crippen LogP contribution < -0.4 is 20.5 Å². The molecule has 2 aromatic carbocycles. The van der Waals surface area contributed by atoms with E-state index in [4.69, 9.17) is 15.0 Å². The van der Waals surface area contributed by atoms with Crippen molar-refractivity contribution in [2.24, 2.45) is 5.14 Å². The van der Waals surface area contributed by atoms with Gasteiger partial charge in [0, 0.05) is 25.2 Å². The lowest BCUT2D eigenvalue weighted by Crippen LogP contribution is -2.32.